The fourth-order valence-electron chi connectivity index (χ4n) is 2.96. The van der Waals surface area contributed by atoms with E-state index in [4.69, 9.17) is 4.42 Å². The Bertz CT molecular complexity index is 1050. The molecule has 2 aromatic heterocycles. The van der Waals surface area contributed by atoms with Gasteiger partial charge in [0.05, 0.1) is 16.1 Å². The number of anilines is 2. The number of furan rings is 1. The van der Waals surface area contributed by atoms with Gasteiger partial charge in [0.2, 0.25) is 0 Å². The fourth-order valence-corrected chi connectivity index (χ4v) is 3.92. The predicted molar refractivity (Wildman–Crippen MR) is 117 cm³/mol. The first-order chi connectivity index (χ1) is 14.4. The molecular weight excluding hydrogens is 402 g/mol. The number of amides is 3. The maximum atomic E-state index is 12.8. The molecule has 0 aliphatic carbocycles. The second kappa shape index (κ2) is 9.41. The summed E-state index contributed by atoms with van der Waals surface area (Å²) in [6.07, 6.45) is 1.42. The minimum atomic E-state index is -0.379. The lowest BCUT2D eigenvalue weighted by Gasteiger charge is -2.19. The molecule has 0 atom stereocenters. The molecule has 0 bridgehead atoms. The first-order valence-electron chi connectivity index (χ1n) is 9.58. The van der Waals surface area contributed by atoms with Gasteiger partial charge in [-0.05, 0) is 62.7 Å². The number of hydrogen-bond acceptors (Lipinski definition) is 5. The van der Waals surface area contributed by atoms with Crippen LogP contribution in [0.25, 0.3) is 0 Å². The Hall–Kier alpha value is -3.39. The van der Waals surface area contributed by atoms with E-state index in [1.54, 1.807) is 54.3 Å². The van der Waals surface area contributed by atoms with Gasteiger partial charge in [-0.25, -0.2) is 0 Å². The van der Waals surface area contributed by atoms with Crippen LogP contribution in [-0.2, 0) is 0 Å². The molecule has 0 aliphatic heterocycles. The lowest BCUT2D eigenvalue weighted by Crippen LogP contribution is -2.30. The summed E-state index contributed by atoms with van der Waals surface area (Å²) in [4.78, 5) is 39.6. The van der Waals surface area contributed by atoms with E-state index in [1.165, 1.54) is 17.6 Å². The predicted octanol–water partition coefficient (Wildman–Crippen LogP) is 4.64. The Labute approximate surface area is 178 Å². The fraction of sp³-hybridized carbons (Fsp3) is 0.227. The molecule has 0 spiro atoms. The molecule has 1 aromatic carbocycles. The average molecular weight is 426 g/mol. The summed E-state index contributed by atoms with van der Waals surface area (Å²) in [5.41, 5.74) is 1.79. The summed E-state index contributed by atoms with van der Waals surface area (Å²) in [6.45, 7) is 6.89. The monoisotopic (exact) mass is 425 g/mol. The zero-order valence-corrected chi connectivity index (χ0v) is 17.8. The molecule has 3 rings (SSSR count). The molecule has 0 saturated carbocycles. The Morgan fingerprint density at radius 2 is 1.77 bits per heavy atom. The van der Waals surface area contributed by atoms with Crippen LogP contribution in [0.15, 0.2) is 53.1 Å². The van der Waals surface area contributed by atoms with Crippen molar-refractivity contribution < 1.29 is 18.8 Å². The first kappa shape index (κ1) is 21.3. The third kappa shape index (κ3) is 4.77. The average Bonchev–Trinajstić information content (AvgIpc) is 3.39. The summed E-state index contributed by atoms with van der Waals surface area (Å²) in [6, 6.07) is 11.8. The van der Waals surface area contributed by atoms with Crippen molar-refractivity contribution >= 4 is 39.7 Å². The Balaban J connectivity index is 1.72. The minimum absolute atomic E-state index is 0.0775. The third-order valence-corrected chi connectivity index (χ3v) is 5.68. The molecule has 0 aliphatic rings. The third-order valence-electron chi connectivity index (χ3n) is 4.52. The van der Waals surface area contributed by atoms with Crippen molar-refractivity contribution in [2.24, 2.45) is 0 Å². The second-order valence-corrected chi connectivity index (χ2v) is 7.62. The Morgan fingerprint density at radius 1 is 1.00 bits per heavy atom. The van der Waals surface area contributed by atoms with Gasteiger partial charge in [0.25, 0.3) is 17.7 Å². The van der Waals surface area contributed by atoms with Gasteiger partial charge in [0, 0.05) is 24.3 Å². The van der Waals surface area contributed by atoms with Crippen LogP contribution >= 0.6 is 11.3 Å². The highest BCUT2D eigenvalue weighted by Crippen LogP contribution is 2.28. The summed E-state index contributed by atoms with van der Waals surface area (Å²) >= 11 is 1.17. The molecule has 2 heterocycles. The molecule has 7 nitrogen and oxygen atoms in total. The van der Waals surface area contributed by atoms with Gasteiger partial charge in [-0.1, -0.05) is 6.07 Å². The molecule has 0 fully saturated rings. The van der Waals surface area contributed by atoms with Gasteiger partial charge in [0.1, 0.15) is 0 Å². The molecule has 3 aromatic rings. The van der Waals surface area contributed by atoms with E-state index in [1.807, 2.05) is 13.8 Å². The highest BCUT2D eigenvalue weighted by Gasteiger charge is 2.18. The summed E-state index contributed by atoms with van der Waals surface area (Å²) in [5, 5.41) is 6.11. The number of carbonyl (C=O) groups is 3. The van der Waals surface area contributed by atoms with Gasteiger partial charge >= 0.3 is 0 Å². The van der Waals surface area contributed by atoms with Gasteiger partial charge < -0.3 is 20.0 Å². The number of thiophene rings is 1. The number of benzene rings is 1. The normalized spacial score (nSPS) is 10.5. The Morgan fingerprint density at radius 3 is 2.43 bits per heavy atom. The standard InChI is InChI=1S/C22H23N3O4S/c1-4-25(5-2)22(28)15-8-6-9-16(13-15)23-21(27)19-14(3)12-18(30-19)24-20(26)17-10-7-11-29-17/h6-13H,4-5H2,1-3H3,(H,23,27)(H,24,26). The maximum absolute atomic E-state index is 12.8. The van der Waals surface area contributed by atoms with E-state index >= 15 is 0 Å². The van der Waals surface area contributed by atoms with E-state index in [2.05, 4.69) is 10.6 Å². The molecule has 0 saturated heterocycles. The largest absolute Gasteiger partial charge is 0.459 e. The van der Waals surface area contributed by atoms with Crippen molar-refractivity contribution in [1.82, 2.24) is 4.90 Å². The topological polar surface area (TPSA) is 91.7 Å². The molecular formula is C22H23N3O4S. The number of carbonyl (C=O) groups excluding carboxylic acids is 3. The van der Waals surface area contributed by atoms with Crippen molar-refractivity contribution in [3.63, 3.8) is 0 Å². The highest BCUT2D eigenvalue weighted by atomic mass is 32.1. The van der Waals surface area contributed by atoms with E-state index in [-0.39, 0.29) is 23.5 Å². The number of rotatable bonds is 7. The van der Waals surface area contributed by atoms with Crippen LogP contribution in [-0.4, -0.2) is 35.7 Å². The molecule has 0 unspecified atom stereocenters. The molecule has 3 amide bonds. The van der Waals surface area contributed by atoms with Crippen LogP contribution in [0.2, 0.25) is 0 Å². The first-order valence-corrected chi connectivity index (χ1v) is 10.4. The van der Waals surface area contributed by atoms with Gasteiger partial charge in [-0.2, -0.15) is 0 Å². The number of nitrogens with one attached hydrogen (secondary N) is 2. The van der Waals surface area contributed by atoms with Crippen molar-refractivity contribution in [2.45, 2.75) is 20.8 Å². The van der Waals surface area contributed by atoms with Crippen LogP contribution in [0.3, 0.4) is 0 Å². The maximum Gasteiger partial charge on any atom is 0.291 e. The van der Waals surface area contributed by atoms with Crippen molar-refractivity contribution in [3.8, 4) is 0 Å². The highest BCUT2D eigenvalue weighted by molar-refractivity contribution is 7.18. The van der Waals surface area contributed by atoms with Crippen molar-refractivity contribution in [1.29, 1.82) is 0 Å². The second-order valence-electron chi connectivity index (χ2n) is 6.57. The smallest absolute Gasteiger partial charge is 0.291 e. The zero-order chi connectivity index (χ0) is 21.7. The molecule has 30 heavy (non-hydrogen) atoms. The van der Waals surface area contributed by atoms with Crippen LogP contribution in [0.1, 0.15) is 50.0 Å². The van der Waals surface area contributed by atoms with Crippen LogP contribution in [0.5, 0.6) is 0 Å². The summed E-state index contributed by atoms with van der Waals surface area (Å²) < 4.78 is 5.08. The molecule has 156 valence electrons. The van der Waals surface area contributed by atoms with Crippen LogP contribution in [0.4, 0.5) is 10.7 Å². The van der Waals surface area contributed by atoms with E-state index in [9.17, 15) is 14.4 Å². The van der Waals surface area contributed by atoms with Crippen LogP contribution in [0, 0.1) is 6.92 Å². The van der Waals surface area contributed by atoms with E-state index in [0.29, 0.717) is 34.2 Å². The zero-order valence-electron chi connectivity index (χ0n) is 17.0. The van der Waals surface area contributed by atoms with Gasteiger partial charge in [-0.15, -0.1) is 11.3 Å². The SMILES string of the molecule is CCN(CC)C(=O)c1cccc(NC(=O)c2sc(NC(=O)c3ccco3)cc2C)c1. The molecule has 0 radical (unpaired) electrons. The Kier molecular flexibility index (Phi) is 6.68. The lowest BCUT2D eigenvalue weighted by atomic mass is 10.1. The van der Waals surface area contributed by atoms with Gasteiger partial charge in [0.15, 0.2) is 5.76 Å². The number of hydrogen-bond donors (Lipinski definition) is 2. The van der Waals surface area contributed by atoms with E-state index < -0.39 is 0 Å². The summed E-state index contributed by atoms with van der Waals surface area (Å²) in [5.74, 6) is -0.563. The van der Waals surface area contributed by atoms with Gasteiger partial charge in [-0.3, -0.25) is 14.4 Å². The van der Waals surface area contributed by atoms with Crippen LogP contribution < -0.4 is 10.6 Å². The number of aryl methyl sites for hydroxylation is 1. The minimum Gasteiger partial charge on any atom is -0.459 e. The lowest BCUT2D eigenvalue weighted by molar-refractivity contribution is 0.0772. The number of nitrogens with zero attached hydrogens (tertiary/aromatic N) is 1. The molecule has 8 heteroatoms. The van der Waals surface area contributed by atoms with Crippen molar-refractivity contribution in [3.05, 3.63) is 70.5 Å². The molecule has 2 N–H and O–H groups in total. The summed E-state index contributed by atoms with van der Waals surface area (Å²) in [7, 11) is 0. The quantitative estimate of drug-likeness (QED) is 0.577. The van der Waals surface area contributed by atoms with E-state index in [0.717, 1.165) is 5.56 Å². The van der Waals surface area contributed by atoms with Crippen molar-refractivity contribution in [2.75, 3.05) is 23.7 Å².